The molecule has 7 nitrogen and oxygen atoms in total. The number of aromatic nitrogens is 1. The molecule has 2 N–H and O–H groups in total. The Balaban J connectivity index is 1.63. The highest BCUT2D eigenvalue weighted by molar-refractivity contribution is 7.89. The minimum absolute atomic E-state index is 0.0444. The fourth-order valence-corrected chi connectivity index (χ4v) is 3.70. The fraction of sp³-hybridized carbons (Fsp3) is 0.375. The van der Waals surface area contributed by atoms with Crippen LogP contribution in [0.3, 0.4) is 0 Å². The van der Waals surface area contributed by atoms with Crippen LogP contribution >= 0.6 is 0 Å². The van der Waals surface area contributed by atoms with Gasteiger partial charge in [-0.3, -0.25) is 4.79 Å². The van der Waals surface area contributed by atoms with Crippen LogP contribution in [0.1, 0.15) is 41.7 Å². The Morgan fingerprint density at radius 3 is 2.50 bits per heavy atom. The summed E-state index contributed by atoms with van der Waals surface area (Å²) >= 11 is 0. The van der Waals surface area contributed by atoms with Gasteiger partial charge in [0, 0.05) is 17.7 Å². The van der Waals surface area contributed by atoms with E-state index in [-0.39, 0.29) is 23.4 Å². The lowest BCUT2D eigenvalue weighted by Gasteiger charge is -2.12. The summed E-state index contributed by atoms with van der Waals surface area (Å²) in [5, 5.41) is 6.62. The van der Waals surface area contributed by atoms with E-state index in [0.717, 1.165) is 25.7 Å². The van der Waals surface area contributed by atoms with Crippen molar-refractivity contribution in [3.05, 3.63) is 47.9 Å². The number of nitrogens with zero attached hydrogens (tertiary/aromatic N) is 1. The minimum Gasteiger partial charge on any atom is -0.364 e. The number of carbonyl (C=O) groups excluding carboxylic acids is 1. The van der Waals surface area contributed by atoms with Crippen LogP contribution in [0.5, 0.6) is 0 Å². The van der Waals surface area contributed by atoms with E-state index in [1.54, 1.807) is 6.07 Å². The smallest absolute Gasteiger partial charge is 0.251 e. The largest absolute Gasteiger partial charge is 0.364 e. The number of rotatable bonds is 6. The third kappa shape index (κ3) is 4.01. The van der Waals surface area contributed by atoms with E-state index < -0.39 is 10.0 Å². The summed E-state index contributed by atoms with van der Waals surface area (Å²) < 4.78 is 31.5. The molecule has 0 bridgehead atoms. The standard InChI is InChI=1S/C16H19N3O4S/c20-16(18-13-3-1-2-4-13)12-5-7-15(8-6-12)24(21,22)17-11-14-9-10-23-19-14/h5-10,13,17H,1-4,11H2,(H,18,20). The number of amides is 1. The molecule has 0 atom stereocenters. The molecule has 8 heteroatoms. The van der Waals surface area contributed by atoms with E-state index in [4.69, 9.17) is 0 Å². The molecular formula is C16H19N3O4S. The summed E-state index contributed by atoms with van der Waals surface area (Å²) in [7, 11) is -3.66. The van der Waals surface area contributed by atoms with Gasteiger partial charge in [-0.05, 0) is 37.1 Å². The van der Waals surface area contributed by atoms with Crippen molar-refractivity contribution in [1.82, 2.24) is 15.2 Å². The molecule has 1 aromatic heterocycles. The second kappa shape index (κ2) is 7.14. The molecule has 1 amide bonds. The first-order chi connectivity index (χ1) is 11.5. The van der Waals surface area contributed by atoms with E-state index in [1.807, 2.05) is 0 Å². The van der Waals surface area contributed by atoms with Crippen molar-refractivity contribution in [2.75, 3.05) is 0 Å². The fourth-order valence-electron chi connectivity index (χ4n) is 2.71. The Kier molecular flexibility index (Phi) is 4.96. The third-order valence-corrected chi connectivity index (χ3v) is 5.47. The van der Waals surface area contributed by atoms with E-state index >= 15 is 0 Å². The zero-order valence-corrected chi connectivity index (χ0v) is 13.9. The second-order valence-corrected chi connectivity index (χ2v) is 7.56. The van der Waals surface area contributed by atoms with Crippen molar-refractivity contribution in [3.63, 3.8) is 0 Å². The summed E-state index contributed by atoms with van der Waals surface area (Å²) in [6, 6.07) is 7.71. The van der Waals surface area contributed by atoms with Crippen LogP contribution in [0.4, 0.5) is 0 Å². The second-order valence-electron chi connectivity index (χ2n) is 5.79. The van der Waals surface area contributed by atoms with E-state index in [1.165, 1.54) is 30.5 Å². The van der Waals surface area contributed by atoms with Gasteiger partial charge in [0.1, 0.15) is 6.26 Å². The lowest BCUT2D eigenvalue weighted by atomic mass is 10.2. The summed E-state index contributed by atoms with van der Waals surface area (Å²) in [4.78, 5) is 12.2. The van der Waals surface area contributed by atoms with Crippen molar-refractivity contribution in [1.29, 1.82) is 0 Å². The molecule has 1 aromatic carbocycles. The molecule has 0 radical (unpaired) electrons. The Morgan fingerprint density at radius 2 is 1.88 bits per heavy atom. The lowest BCUT2D eigenvalue weighted by molar-refractivity contribution is 0.0938. The van der Waals surface area contributed by atoms with Crippen LogP contribution in [0.25, 0.3) is 0 Å². The van der Waals surface area contributed by atoms with Crippen LogP contribution in [0.2, 0.25) is 0 Å². The van der Waals surface area contributed by atoms with Gasteiger partial charge in [0.15, 0.2) is 0 Å². The summed E-state index contributed by atoms with van der Waals surface area (Å²) in [5.41, 5.74) is 0.948. The molecule has 0 unspecified atom stereocenters. The average Bonchev–Trinajstić information content (AvgIpc) is 3.27. The molecule has 0 spiro atoms. The van der Waals surface area contributed by atoms with Crippen LogP contribution in [-0.4, -0.2) is 25.5 Å². The molecule has 128 valence electrons. The normalized spacial score (nSPS) is 15.5. The van der Waals surface area contributed by atoms with Crippen molar-refractivity contribution < 1.29 is 17.7 Å². The number of hydrogen-bond acceptors (Lipinski definition) is 5. The molecule has 1 heterocycles. The average molecular weight is 349 g/mol. The number of sulfonamides is 1. The van der Waals surface area contributed by atoms with Gasteiger partial charge in [0.25, 0.3) is 5.91 Å². The lowest BCUT2D eigenvalue weighted by Crippen LogP contribution is -2.32. The summed E-state index contributed by atoms with van der Waals surface area (Å²) in [5.74, 6) is -0.165. The van der Waals surface area contributed by atoms with Gasteiger partial charge < -0.3 is 9.84 Å². The van der Waals surface area contributed by atoms with Crippen LogP contribution < -0.4 is 10.0 Å². The van der Waals surface area contributed by atoms with Gasteiger partial charge in [0.05, 0.1) is 17.1 Å². The maximum atomic E-state index is 12.2. The SMILES string of the molecule is O=C(NC1CCCC1)c1ccc(S(=O)(=O)NCc2ccon2)cc1. The van der Waals surface area contributed by atoms with Crippen molar-refractivity contribution in [2.45, 2.75) is 43.2 Å². The van der Waals surface area contributed by atoms with Crippen LogP contribution in [0.15, 0.2) is 46.0 Å². The summed E-state index contributed by atoms with van der Waals surface area (Å²) in [6.45, 7) is 0.0444. The Hall–Kier alpha value is -2.19. The van der Waals surface area contributed by atoms with Crippen LogP contribution in [0, 0.1) is 0 Å². The molecule has 1 saturated carbocycles. The van der Waals surface area contributed by atoms with E-state index in [2.05, 4.69) is 19.7 Å². The Labute approximate surface area is 140 Å². The summed E-state index contributed by atoms with van der Waals surface area (Å²) in [6.07, 6.45) is 5.66. The molecule has 1 aliphatic rings. The van der Waals surface area contributed by atoms with Crippen molar-refractivity contribution in [2.24, 2.45) is 0 Å². The maximum absolute atomic E-state index is 12.2. The number of benzene rings is 1. The highest BCUT2D eigenvalue weighted by Gasteiger charge is 2.19. The van der Waals surface area contributed by atoms with E-state index in [9.17, 15) is 13.2 Å². The number of nitrogens with one attached hydrogen (secondary N) is 2. The molecule has 1 fully saturated rings. The highest BCUT2D eigenvalue weighted by Crippen LogP contribution is 2.18. The molecule has 3 rings (SSSR count). The molecular weight excluding hydrogens is 330 g/mol. The van der Waals surface area contributed by atoms with Crippen molar-refractivity contribution >= 4 is 15.9 Å². The first-order valence-corrected chi connectivity index (χ1v) is 9.33. The number of hydrogen-bond donors (Lipinski definition) is 2. The Morgan fingerprint density at radius 1 is 1.17 bits per heavy atom. The topological polar surface area (TPSA) is 101 Å². The number of carbonyl (C=O) groups is 1. The van der Waals surface area contributed by atoms with Gasteiger partial charge in [-0.2, -0.15) is 0 Å². The van der Waals surface area contributed by atoms with Crippen LogP contribution in [-0.2, 0) is 16.6 Å². The predicted molar refractivity (Wildman–Crippen MR) is 86.7 cm³/mol. The monoisotopic (exact) mass is 349 g/mol. The first kappa shape index (κ1) is 16.7. The first-order valence-electron chi connectivity index (χ1n) is 7.84. The van der Waals surface area contributed by atoms with E-state index in [0.29, 0.717) is 11.3 Å². The predicted octanol–water partition coefficient (Wildman–Crippen LogP) is 1.83. The van der Waals surface area contributed by atoms with Gasteiger partial charge >= 0.3 is 0 Å². The zero-order valence-electron chi connectivity index (χ0n) is 13.1. The third-order valence-electron chi connectivity index (χ3n) is 4.05. The maximum Gasteiger partial charge on any atom is 0.251 e. The molecule has 0 aliphatic heterocycles. The molecule has 24 heavy (non-hydrogen) atoms. The van der Waals surface area contributed by atoms with Gasteiger partial charge in [-0.25, -0.2) is 13.1 Å². The molecule has 0 saturated heterocycles. The van der Waals surface area contributed by atoms with Gasteiger partial charge in [-0.15, -0.1) is 0 Å². The van der Waals surface area contributed by atoms with Gasteiger partial charge in [-0.1, -0.05) is 18.0 Å². The Bertz CT molecular complexity index is 779. The quantitative estimate of drug-likeness (QED) is 0.828. The van der Waals surface area contributed by atoms with Gasteiger partial charge in [0.2, 0.25) is 10.0 Å². The highest BCUT2D eigenvalue weighted by atomic mass is 32.2. The molecule has 2 aromatic rings. The van der Waals surface area contributed by atoms with Crippen molar-refractivity contribution in [3.8, 4) is 0 Å². The minimum atomic E-state index is -3.66. The zero-order chi connectivity index (χ0) is 17.0. The molecule has 1 aliphatic carbocycles.